The van der Waals surface area contributed by atoms with E-state index < -0.39 is 42.7 Å². The molecule has 0 aromatic heterocycles. The van der Waals surface area contributed by atoms with Gasteiger partial charge < -0.3 is 15.7 Å². The molecule has 132 valence electrons. The molecule has 0 saturated heterocycles. The van der Waals surface area contributed by atoms with Crippen LogP contribution >= 0.6 is 23.2 Å². The molecule has 0 spiro atoms. The van der Waals surface area contributed by atoms with Gasteiger partial charge in [-0.1, -0.05) is 29.3 Å². The van der Waals surface area contributed by atoms with E-state index in [0.717, 1.165) is 0 Å². The topological polar surface area (TPSA) is 95.5 Å². The number of hydrogen-bond donors (Lipinski definition) is 3. The summed E-state index contributed by atoms with van der Waals surface area (Å²) >= 11 is 11.7. The van der Waals surface area contributed by atoms with Crippen molar-refractivity contribution in [3.05, 3.63) is 33.8 Å². The Bertz CT molecular complexity index is 643. The number of carboxylic acid groups (broad SMARTS) is 1. The Labute approximate surface area is 146 Å². The van der Waals surface area contributed by atoms with Gasteiger partial charge in [0.25, 0.3) is 5.91 Å². The smallest absolute Gasteiger partial charge is 0.326 e. The maximum Gasteiger partial charge on any atom is 0.326 e. The molecule has 0 aliphatic rings. The van der Waals surface area contributed by atoms with Gasteiger partial charge in [0.2, 0.25) is 12.3 Å². The van der Waals surface area contributed by atoms with Gasteiger partial charge in [-0.15, -0.1) is 0 Å². The number of rotatable bonds is 7. The number of carbonyl (C=O) groups excluding carboxylic acids is 2. The minimum absolute atomic E-state index is 0.00890. The molecule has 0 aliphatic carbocycles. The van der Waals surface area contributed by atoms with Crippen molar-refractivity contribution in [2.24, 2.45) is 0 Å². The van der Waals surface area contributed by atoms with Crippen LogP contribution in [0.2, 0.25) is 10.0 Å². The molecule has 24 heavy (non-hydrogen) atoms. The van der Waals surface area contributed by atoms with E-state index in [4.69, 9.17) is 28.3 Å². The van der Waals surface area contributed by atoms with E-state index in [9.17, 15) is 23.2 Å². The lowest BCUT2D eigenvalue weighted by Crippen LogP contribution is -2.50. The van der Waals surface area contributed by atoms with Crippen LogP contribution in [-0.2, 0) is 9.59 Å². The van der Waals surface area contributed by atoms with Gasteiger partial charge in [-0.3, -0.25) is 9.59 Å². The molecule has 0 saturated carbocycles. The molecule has 2 amide bonds. The van der Waals surface area contributed by atoms with Crippen LogP contribution < -0.4 is 10.6 Å². The average molecular weight is 383 g/mol. The van der Waals surface area contributed by atoms with Crippen molar-refractivity contribution >= 4 is 41.0 Å². The van der Waals surface area contributed by atoms with Crippen LogP contribution in [0.25, 0.3) is 0 Å². The van der Waals surface area contributed by atoms with E-state index in [1.165, 1.54) is 25.1 Å². The van der Waals surface area contributed by atoms with Gasteiger partial charge in [-0.05, 0) is 19.1 Å². The van der Waals surface area contributed by atoms with Crippen molar-refractivity contribution < 1.29 is 28.3 Å². The SMILES string of the molecule is CC(NC(=O)c1cccc(Cl)c1Cl)C(=O)NC(CC(F)F)C(=O)O. The number of hydrogen-bond acceptors (Lipinski definition) is 3. The second kappa shape index (κ2) is 8.79. The molecule has 6 nitrogen and oxygen atoms in total. The fourth-order valence-corrected chi connectivity index (χ4v) is 2.10. The van der Waals surface area contributed by atoms with Crippen LogP contribution in [0.1, 0.15) is 23.7 Å². The van der Waals surface area contributed by atoms with Crippen molar-refractivity contribution in [1.29, 1.82) is 0 Å². The summed E-state index contributed by atoms with van der Waals surface area (Å²) in [7, 11) is 0. The van der Waals surface area contributed by atoms with Gasteiger partial charge >= 0.3 is 5.97 Å². The van der Waals surface area contributed by atoms with Crippen molar-refractivity contribution in [2.75, 3.05) is 0 Å². The molecule has 0 fully saturated rings. The minimum atomic E-state index is -2.90. The number of halogens is 4. The summed E-state index contributed by atoms with van der Waals surface area (Å²) < 4.78 is 24.6. The molecule has 1 rings (SSSR count). The Balaban J connectivity index is 2.74. The Morgan fingerprint density at radius 3 is 2.38 bits per heavy atom. The lowest BCUT2D eigenvalue weighted by molar-refractivity contribution is -0.143. The highest BCUT2D eigenvalue weighted by atomic mass is 35.5. The summed E-state index contributed by atoms with van der Waals surface area (Å²) in [6.07, 6.45) is -3.94. The maximum atomic E-state index is 12.3. The van der Waals surface area contributed by atoms with E-state index in [1.54, 1.807) is 0 Å². The number of amides is 2. The molecule has 0 heterocycles. The molecular formula is C14H14Cl2F2N2O4. The highest BCUT2D eigenvalue weighted by molar-refractivity contribution is 6.43. The van der Waals surface area contributed by atoms with Gasteiger partial charge in [0.05, 0.1) is 15.6 Å². The zero-order valence-corrected chi connectivity index (χ0v) is 13.9. The third-order valence-electron chi connectivity index (χ3n) is 2.97. The number of carboxylic acids is 1. The molecule has 0 bridgehead atoms. The summed E-state index contributed by atoms with van der Waals surface area (Å²) in [6, 6.07) is 1.40. The molecule has 1 aromatic rings. The van der Waals surface area contributed by atoms with Gasteiger partial charge in [0.1, 0.15) is 12.1 Å². The van der Waals surface area contributed by atoms with E-state index in [1.807, 2.05) is 5.32 Å². The van der Waals surface area contributed by atoms with Crippen molar-refractivity contribution in [1.82, 2.24) is 10.6 Å². The van der Waals surface area contributed by atoms with Gasteiger partial charge in [-0.2, -0.15) is 0 Å². The standard InChI is InChI=1S/C14H14Cl2F2N2O4/c1-6(12(21)20-9(14(23)24)5-10(17)18)19-13(22)7-3-2-4-8(15)11(7)16/h2-4,6,9-10H,5H2,1H3,(H,19,22)(H,20,21)(H,23,24). The summed E-state index contributed by atoms with van der Waals surface area (Å²) in [5.74, 6) is -3.24. The predicted molar refractivity (Wildman–Crippen MR) is 83.6 cm³/mol. The molecule has 2 atom stereocenters. The third kappa shape index (κ3) is 5.61. The monoisotopic (exact) mass is 382 g/mol. The first kappa shape index (κ1) is 20.1. The highest BCUT2D eigenvalue weighted by Crippen LogP contribution is 2.25. The summed E-state index contributed by atoms with van der Waals surface area (Å²) in [6.45, 7) is 1.27. The largest absolute Gasteiger partial charge is 0.480 e. The fraction of sp³-hybridized carbons (Fsp3) is 0.357. The molecule has 0 aliphatic heterocycles. The first-order valence-corrected chi connectivity index (χ1v) is 7.45. The molecular weight excluding hydrogens is 369 g/mol. The van der Waals surface area contributed by atoms with Crippen LogP contribution in [0.15, 0.2) is 18.2 Å². The van der Waals surface area contributed by atoms with Gasteiger partial charge in [0.15, 0.2) is 0 Å². The summed E-state index contributed by atoms with van der Waals surface area (Å²) in [5, 5.41) is 13.2. The zero-order chi connectivity index (χ0) is 18.4. The summed E-state index contributed by atoms with van der Waals surface area (Å²) in [5.41, 5.74) is 0.0196. The molecule has 0 radical (unpaired) electrons. The Kier molecular flexibility index (Phi) is 7.37. The molecule has 10 heteroatoms. The van der Waals surface area contributed by atoms with Crippen molar-refractivity contribution in [2.45, 2.75) is 31.9 Å². The second-order valence-electron chi connectivity index (χ2n) is 4.82. The normalized spacial score (nSPS) is 13.2. The maximum absolute atomic E-state index is 12.3. The second-order valence-corrected chi connectivity index (χ2v) is 5.61. The highest BCUT2D eigenvalue weighted by Gasteiger charge is 2.27. The fourth-order valence-electron chi connectivity index (χ4n) is 1.72. The number of alkyl halides is 2. The molecule has 2 unspecified atom stereocenters. The number of aliphatic carboxylic acids is 1. The van der Waals surface area contributed by atoms with Crippen molar-refractivity contribution in [3.63, 3.8) is 0 Å². The predicted octanol–water partition coefficient (Wildman–Crippen LogP) is 2.34. The van der Waals surface area contributed by atoms with Crippen molar-refractivity contribution in [3.8, 4) is 0 Å². The van der Waals surface area contributed by atoms with Crippen LogP contribution in [0, 0.1) is 0 Å². The van der Waals surface area contributed by atoms with E-state index in [-0.39, 0.29) is 15.6 Å². The molecule has 3 N–H and O–H groups in total. The quantitative estimate of drug-likeness (QED) is 0.674. The van der Waals surface area contributed by atoms with E-state index >= 15 is 0 Å². The number of carbonyl (C=O) groups is 3. The zero-order valence-electron chi connectivity index (χ0n) is 12.4. The minimum Gasteiger partial charge on any atom is -0.480 e. The Morgan fingerprint density at radius 1 is 1.21 bits per heavy atom. The first-order chi connectivity index (χ1) is 11.1. The summed E-state index contributed by atoms with van der Waals surface area (Å²) in [4.78, 5) is 34.8. The van der Waals surface area contributed by atoms with Gasteiger partial charge in [0, 0.05) is 6.42 Å². The number of benzene rings is 1. The van der Waals surface area contributed by atoms with Crippen LogP contribution in [0.3, 0.4) is 0 Å². The lowest BCUT2D eigenvalue weighted by atomic mass is 10.1. The van der Waals surface area contributed by atoms with Crippen LogP contribution in [0.5, 0.6) is 0 Å². The average Bonchev–Trinajstić information content (AvgIpc) is 2.48. The molecule has 1 aromatic carbocycles. The van der Waals surface area contributed by atoms with E-state index in [2.05, 4.69) is 5.32 Å². The Hall–Kier alpha value is -1.93. The van der Waals surface area contributed by atoms with Crippen LogP contribution in [-0.4, -0.2) is 41.4 Å². The lowest BCUT2D eigenvalue weighted by Gasteiger charge is -2.18. The van der Waals surface area contributed by atoms with Gasteiger partial charge in [-0.25, -0.2) is 13.6 Å². The third-order valence-corrected chi connectivity index (χ3v) is 3.78. The van der Waals surface area contributed by atoms with E-state index in [0.29, 0.717) is 0 Å². The Morgan fingerprint density at radius 2 is 1.83 bits per heavy atom. The first-order valence-electron chi connectivity index (χ1n) is 6.69. The number of nitrogens with one attached hydrogen (secondary N) is 2. The van der Waals surface area contributed by atoms with Crippen LogP contribution in [0.4, 0.5) is 8.78 Å².